The van der Waals surface area contributed by atoms with Crippen LogP contribution >= 0.6 is 11.6 Å². The standard InChI is InChI=1S/C27H34ClN3O4/c1-20-7-8-24(28)25(13-20)35-19-27(33)18-30(11-9-26(27)32)17-22-5-3-6-23(14-22)34-12-4-10-31-16-21(2)15-29-31/h3,5-8,13-16,26,32-33H,4,9-12,17-19H2,1-2H3/t26-,27-/m0/s1. The van der Waals surface area contributed by atoms with E-state index in [1.807, 2.05) is 67.3 Å². The van der Waals surface area contributed by atoms with Gasteiger partial charge in [-0.3, -0.25) is 9.58 Å². The molecule has 2 aromatic carbocycles. The lowest BCUT2D eigenvalue weighted by molar-refractivity contribution is -0.140. The largest absolute Gasteiger partial charge is 0.494 e. The van der Waals surface area contributed by atoms with Crippen molar-refractivity contribution in [2.45, 2.75) is 51.5 Å². The van der Waals surface area contributed by atoms with Crippen molar-refractivity contribution in [1.29, 1.82) is 0 Å². The molecule has 0 spiro atoms. The molecule has 4 rings (SSSR count). The van der Waals surface area contributed by atoms with Gasteiger partial charge in [0.1, 0.15) is 23.7 Å². The highest BCUT2D eigenvalue weighted by Gasteiger charge is 2.42. The summed E-state index contributed by atoms with van der Waals surface area (Å²) in [6, 6.07) is 13.5. The highest BCUT2D eigenvalue weighted by Crippen LogP contribution is 2.29. The summed E-state index contributed by atoms with van der Waals surface area (Å²) in [4.78, 5) is 2.13. The van der Waals surface area contributed by atoms with Gasteiger partial charge in [0.05, 0.1) is 23.9 Å². The van der Waals surface area contributed by atoms with Crippen LogP contribution in [0.5, 0.6) is 11.5 Å². The highest BCUT2D eigenvalue weighted by molar-refractivity contribution is 6.32. The third-order valence-corrected chi connectivity index (χ3v) is 6.58. The van der Waals surface area contributed by atoms with Crippen LogP contribution in [0.3, 0.4) is 0 Å². The third kappa shape index (κ3) is 6.98. The molecule has 2 heterocycles. The molecule has 1 fully saturated rings. The Balaban J connectivity index is 1.30. The number of aliphatic hydroxyl groups is 2. The molecule has 2 N–H and O–H groups in total. The molecule has 0 amide bonds. The molecular weight excluding hydrogens is 466 g/mol. The minimum absolute atomic E-state index is 0.0350. The van der Waals surface area contributed by atoms with Crippen molar-refractivity contribution in [3.63, 3.8) is 0 Å². The van der Waals surface area contributed by atoms with Crippen LogP contribution in [0.2, 0.25) is 5.02 Å². The number of β-amino-alcohol motifs (C(OH)–C–C–N with tert-alkyl or cyclic N) is 1. The number of benzene rings is 2. The van der Waals surface area contributed by atoms with Gasteiger partial charge in [0, 0.05) is 38.8 Å². The molecule has 0 radical (unpaired) electrons. The summed E-state index contributed by atoms with van der Waals surface area (Å²) < 4.78 is 13.7. The Labute approximate surface area is 211 Å². The summed E-state index contributed by atoms with van der Waals surface area (Å²) in [5.41, 5.74) is 1.87. The number of hydrogen-bond acceptors (Lipinski definition) is 6. The van der Waals surface area contributed by atoms with E-state index in [2.05, 4.69) is 10.00 Å². The first kappa shape index (κ1) is 25.5. The Hall–Kier alpha value is -2.58. The Morgan fingerprint density at radius 2 is 2.00 bits per heavy atom. The van der Waals surface area contributed by atoms with E-state index < -0.39 is 11.7 Å². The monoisotopic (exact) mass is 499 g/mol. The number of aryl methyl sites for hydroxylation is 3. The number of hydrogen-bond donors (Lipinski definition) is 2. The van der Waals surface area contributed by atoms with Crippen LogP contribution in [0.25, 0.3) is 0 Å². The van der Waals surface area contributed by atoms with Gasteiger partial charge in [-0.1, -0.05) is 29.8 Å². The smallest absolute Gasteiger partial charge is 0.138 e. The summed E-state index contributed by atoms with van der Waals surface area (Å²) in [6.45, 7) is 7.00. The van der Waals surface area contributed by atoms with Crippen LogP contribution in [0.4, 0.5) is 0 Å². The Kier molecular flexibility index (Phi) is 8.34. The summed E-state index contributed by atoms with van der Waals surface area (Å²) in [6.07, 6.45) is 4.35. The average molecular weight is 500 g/mol. The van der Waals surface area contributed by atoms with E-state index in [9.17, 15) is 10.2 Å². The molecule has 7 nitrogen and oxygen atoms in total. The van der Waals surface area contributed by atoms with Gasteiger partial charge in [0.2, 0.25) is 0 Å². The first-order valence-electron chi connectivity index (χ1n) is 12.0. The number of ether oxygens (including phenoxy) is 2. The molecule has 35 heavy (non-hydrogen) atoms. The zero-order chi connectivity index (χ0) is 24.8. The van der Waals surface area contributed by atoms with Gasteiger partial charge >= 0.3 is 0 Å². The molecule has 0 aliphatic carbocycles. The van der Waals surface area contributed by atoms with Crippen LogP contribution < -0.4 is 9.47 Å². The second-order valence-electron chi connectivity index (χ2n) is 9.47. The predicted octanol–water partition coefficient (Wildman–Crippen LogP) is 4.00. The minimum atomic E-state index is -1.38. The van der Waals surface area contributed by atoms with Gasteiger partial charge in [-0.15, -0.1) is 0 Å². The molecule has 0 bridgehead atoms. The molecule has 3 aromatic rings. The number of likely N-dealkylation sites (tertiary alicyclic amines) is 1. The van der Waals surface area contributed by atoms with Gasteiger partial charge < -0.3 is 19.7 Å². The number of nitrogens with zero attached hydrogens (tertiary/aromatic N) is 3. The van der Waals surface area contributed by atoms with Crippen molar-refractivity contribution in [3.8, 4) is 11.5 Å². The van der Waals surface area contributed by atoms with E-state index in [1.165, 1.54) is 0 Å². The van der Waals surface area contributed by atoms with Crippen LogP contribution in [-0.4, -0.2) is 62.9 Å². The molecule has 1 saturated heterocycles. The van der Waals surface area contributed by atoms with Gasteiger partial charge in [-0.2, -0.15) is 5.10 Å². The average Bonchev–Trinajstić information content (AvgIpc) is 3.25. The fraction of sp³-hybridized carbons (Fsp3) is 0.444. The summed E-state index contributed by atoms with van der Waals surface area (Å²) in [5.74, 6) is 1.33. The summed E-state index contributed by atoms with van der Waals surface area (Å²) in [5, 5.41) is 26.5. The lowest BCUT2D eigenvalue weighted by atomic mass is 9.90. The van der Waals surface area contributed by atoms with E-state index in [0.29, 0.717) is 43.4 Å². The molecular formula is C27H34ClN3O4. The second-order valence-corrected chi connectivity index (χ2v) is 9.88. The molecule has 2 atom stereocenters. The van der Waals surface area contributed by atoms with E-state index in [-0.39, 0.29) is 6.61 Å². The van der Waals surface area contributed by atoms with E-state index >= 15 is 0 Å². The molecule has 1 aliphatic heterocycles. The molecule has 0 saturated carbocycles. The highest BCUT2D eigenvalue weighted by atomic mass is 35.5. The zero-order valence-electron chi connectivity index (χ0n) is 20.4. The van der Waals surface area contributed by atoms with Crippen LogP contribution in [0.1, 0.15) is 29.5 Å². The predicted molar refractivity (Wildman–Crippen MR) is 136 cm³/mol. The van der Waals surface area contributed by atoms with Crippen LogP contribution in [0.15, 0.2) is 54.9 Å². The summed E-state index contributed by atoms with van der Waals surface area (Å²) >= 11 is 6.23. The maximum atomic E-state index is 11.2. The number of piperidine rings is 1. The van der Waals surface area contributed by atoms with Crippen molar-refractivity contribution >= 4 is 11.6 Å². The lowest BCUT2D eigenvalue weighted by Gasteiger charge is -2.42. The van der Waals surface area contributed by atoms with E-state index in [4.69, 9.17) is 21.1 Å². The van der Waals surface area contributed by atoms with Crippen molar-refractivity contribution in [2.24, 2.45) is 0 Å². The van der Waals surface area contributed by atoms with E-state index in [0.717, 1.165) is 35.4 Å². The number of rotatable bonds is 10. The van der Waals surface area contributed by atoms with Gasteiger partial charge in [-0.25, -0.2) is 0 Å². The fourth-order valence-electron chi connectivity index (χ4n) is 4.34. The van der Waals surface area contributed by atoms with Gasteiger partial charge in [-0.05, 0) is 61.2 Å². The maximum absolute atomic E-state index is 11.2. The van der Waals surface area contributed by atoms with Gasteiger partial charge in [0.15, 0.2) is 0 Å². The second kappa shape index (κ2) is 11.4. The molecule has 188 valence electrons. The third-order valence-electron chi connectivity index (χ3n) is 6.27. The van der Waals surface area contributed by atoms with Gasteiger partial charge in [0.25, 0.3) is 0 Å². The lowest BCUT2D eigenvalue weighted by Crippen LogP contribution is -2.59. The van der Waals surface area contributed by atoms with E-state index in [1.54, 1.807) is 6.07 Å². The summed E-state index contributed by atoms with van der Waals surface area (Å²) in [7, 11) is 0. The Morgan fingerprint density at radius 3 is 2.80 bits per heavy atom. The molecule has 1 aliphatic rings. The molecule has 8 heteroatoms. The van der Waals surface area contributed by atoms with Crippen molar-refractivity contribution in [2.75, 3.05) is 26.3 Å². The van der Waals surface area contributed by atoms with Crippen molar-refractivity contribution < 1.29 is 19.7 Å². The number of aromatic nitrogens is 2. The fourth-order valence-corrected chi connectivity index (χ4v) is 4.52. The topological polar surface area (TPSA) is 80.0 Å². The molecule has 0 unspecified atom stereocenters. The first-order valence-corrected chi connectivity index (χ1v) is 12.4. The van der Waals surface area contributed by atoms with Crippen LogP contribution in [0, 0.1) is 13.8 Å². The normalized spacial score (nSPS) is 20.7. The minimum Gasteiger partial charge on any atom is -0.494 e. The maximum Gasteiger partial charge on any atom is 0.138 e. The van der Waals surface area contributed by atoms with Crippen molar-refractivity contribution in [1.82, 2.24) is 14.7 Å². The quantitative estimate of drug-likeness (QED) is 0.410. The van der Waals surface area contributed by atoms with Crippen molar-refractivity contribution in [3.05, 3.63) is 76.6 Å². The molecule has 1 aromatic heterocycles. The first-order chi connectivity index (χ1) is 16.8. The Morgan fingerprint density at radius 1 is 1.14 bits per heavy atom. The van der Waals surface area contributed by atoms with Crippen LogP contribution in [-0.2, 0) is 13.1 Å². The zero-order valence-corrected chi connectivity index (χ0v) is 21.1. The SMILES string of the molecule is Cc1ccc(Cl)c(OC[C@@]2(O)CN(Cc3cccc(OCCCn4cc(C)cn4)c3)CC[C@@H]2O)c1. The number of halogens is 1. The number of aliphatic hydroxyl groups excluding tert-OH is 1. The Bertz CT molecular complexity index is 1120.